The lowest BCUT2D eigenvalue weighted by molar-refractivity contribution is -0.116. The Kier molecular flexibility index (Phi) is 4.23. The topological polar surface area (TPSA) is 40.5 Å². The molecule has 1 N–H and O–H groups in total. The Hall–Kier alpha value is -0.940. The molecule has 0 radical (unpaired) electrons. The first-order valence-corrected chi connectivity index (χ1v) is 5.19. The van der Waals surface area contributed by atoms with Crippen molar-refractivity contribution in [1.29, 1.82) is 0 Å². The highest BCUT2D eigenvalue weighted by molar-refractivity contribution is 9.10. The first-order chi connectivity index (χ1) is 7.06. The molecule has 0 bridgehead atoms. The molecular weight excluding hydrogens is 265 g/mol. The molecule has 0 spiro atoms. The molecule has 0 atom stereocenters. The van der Waals surface area contributed by atoms with Crippen molar-refractivity contribution in [2.45, 2.75) is 6.92 Å². The number of hydrogen-bond acceptors (Lipinski definition) is 2. The third-order valence-corrected chi connectivity index (χ3v) is 2.54. The highest BCUT2D eigenvalue weighted by Crippen LogP contribution is 2.26. The molecule has 5 heteroatoms. The minimum absolute atomic E-state index is 0.136. The maximum Gasteiger partial charge on any atom is 0.223 e. The molecule has 1 aromatic rings. The van der Waals surface area contributed by atoms with Crippen LogP contribution in [-0.2, 0) is 4.79 Å². The minimum Gasteiger partial charge on any atom is -0.395 e. The van der Waals surface area contributed by atoms with Crippen LogP contribution < -0.4 is 4.90 Å². The number of aliphatic hydroxyl groups excluding tert-OH is 1. The smallest absolute Gasteiger partial charge is 0.223 e. The lowest BCUT2D eigenvalue weighted by Gasteiger charge is -2.21. The second kappa shape index (κ2) is 5.23. The highest BCUT2D eigenvalue weighted by atomic mass is 79.9. The number of carbonyl (C=O) groups is 1. The minimum atomic E-state index is -0.377. The van der Waals surface area contributed by atoms with Gasteiger partial charge in [0.25, 0.3) is 0 Å². The SMILES string of the molecule is CC(=O)N(CCO)c1ccc(F)cc1Br. The summed E-state index contributed by atoms with van der Waals surface area (Å²) in [5, 5.41) is 8.81. The molecule has 0 unspecified atom stereocenters. The van der Waals surface area contributed by atoms with Crippen LogP contribution in [0.3, 0.4) is 0 Å². The Morgan fingerprint density at radius 1 is 1.60 bits per heavy atom. The average Bonchev–Trinajstić information content (AvgIpc) is 2.15. The van der Waals surface area contributed by atoms with Crippen molar-refractivity contribution < 1.29 is 14.3 Å². The molecule has 82 valence electrons. The molecule has 0 aliphatic carbocycles. The van der Waals surface area contributed by atoms with Crippen LogP contribution in [0.2, 0.25) is 0 Å². The maximum absolute atomic E-state index is 12.8. The van der Waals surface area contributed by atoms with Gasteiger partial charge in [-0.15, -0.1) is 0 Å². The van der Waals surface area contributed by atoms with Crippen LogP contribution in [0.1, 0.15) is 6.92 Å². The predicted octanol–water partition coefficient (Wildman–Crippen LogP) is 1.93. The summed E-state index contributed by atoms with van der Waals surface area (Å²) in [6.45, 7) is 1.45. The maximum atomic E-state index is 12.8. The van der Waals surface area contributed by atoms with Crippen molar-refractivity contribution in [1.82, 2.24) is 0 Å². The van der Waals surface area contributed by atoms with E-state index in [-0.39, 0.29) is 24.9 Å². The average molecular weight is 276 g/mol. The molecule has 0 aliphatic heterocycles. The summed E-state index contributed by atoms with van der Waals surface area (Å²) in [5.41, 5.74) is 0.554. The quantitative estimate of drug-likeness (QED) is 0.916. The molecule has 0 heterocycles. The number of amides is 1. The zero-order chi connectivity index (χ0) is 11.4. The van der Waals surface area contributed by atoms with Gasteiger partial charge >= 0.3 is 0 Å². The van der Waals surface area contributed by atoms with Gasteiger partial charge in [-0.1, -0.05) is 0 Å². The van der Waals surface area contributed by atoms with Crippen LogP contribution in [0.25, 0.3) is 0 Å². The van der Waals surface area contributed by atoms with Gasteiger partial charge in [-0.05, 0) is 34.1 Å². The lowest BCUT2D eigenvalue weighted by atomic mass is 10.2. The van der Waals surface area contributed by atoms with E-state index in [1.807, 2.05) is 0 Å². The summed E-state index contributed by atoms with van der Waals surface area (Å²) in [6.07, 6.45) is 0. The van der Waals surface area contributed by atoms with E-state index in [2.05, 4.69) is 15.9 Å². The van der Waals surface area contributed by atoms with Gasteiger partial charge in [0.1, 0.15) is 5.82 Å². The number of carbonyl (C=O) groups excluding carboxylic acids is 1. The number of rotatable bonds is 3. The first-order valence-electron chi connectivity index (χ1n) is 4.40. The standard InChI is InChI=1S/C10H11BrFNO2/c1-7(15)13(4-5-14)10-3-2-8(12)6-9(10)11/h2-3,6,14H,4-5H2,1H3. The van der Waals surface area contributed by atoms with Gasteiger partial charge in [0.15, 0.2) is 0 Å². The summed E-state index contributed by atoms with van der Waals surface area (Å²) in [5.74, 6) is -0.575. The van der Waals surface area contributed by atoms with Crippen LogP contribution in [0.4, 0.5) is 10.1 Å². The third kappa shape index (κ3) is 3.00. The predicted molar refractivity (Wildman–Crippen MR) is 59.2 cm³/mol. The summed E-state index contributed by atoms with van der Waals surface area (Å²) in [7, 11) is 0. The van der Waals surface area contributed by atoms with Crippen LogP contribution >= 0.6 is 15.9 Å². The number of hydrogen-bond donors (Lipinski definition) is 1. The van der Waals surface area contributed by atoms with Crippen molar-refractivity contribution in [2.24, 2.45) is 0 Å². The van der Waals surface area contributed by atoms with Gasteiger partial charge in [0.05, 0.1) is 12.3 Å². The van der Waals surface area contributed by atoms with Crippen LogP contribution in [0.5, 0.6) is 0 Å². The second-order valence-electron chi connectivity index (χ2n) is 2.99. The highest BCUT2D eigenvalue weighted by Gasteiger charge is 2.13. The molecule has 15 heavy (non-hydrogen) atoms. The monoisotopic (exact) mass is 275 g/mol. The van der Waals surface area contributed by atoms with E-state index in [0.717, 1.165) is 0 Å². The molecule has 1 aromatic carbocycles. The Morgan fingerprint density at radius 2 is 2.27 bits per heavy atom. The molecule has 0 saturated heterocycles. The van der Waals surface area contributed by atoms with Gasteiger partial charge in [-0.25, -0.2) is 4.39 Å². The number of anilines is 1. The Bertz CT molecular complexity index is 370. The third-order valence-electron chi connectivity index (χ3n) is 1.90. The molecule has 0 aromatic heterocycles. The Morgan fingerprint density at radius 3 is 2.73 bits per heavy atom. The number of aliphatic hydroxyl groups is 1. The van der Waals surface area contributed by atoms with Crippen molar-refractivity contribution in [3.05, 3.63) is 28.5 Å². The van der Waals surface area contributed by atoms with E-state index in [9.17, 15) is 9.18 Å². The van der Waals surface area contributed by atoms with Crippen molar-refractivity contribution in [3.63, 3.8) is 0 Å². The van der Waals surface area contributed by atoms with Crippen LogP contribution in [-0.4, -0.2) is 24.2 Å². The van der Waals surface area contributed by atoms with Crippen molar-refractivity contribution in [3.8, 4) is 0 Å². The molecule has 0 aliphatic rings. The van der Waals surface area contributed by atoms with Crippen LogP contribution in [0, 0.1) is 5.82 Å². The Balaban J connectivity index is 3.05. The zero-order valence-electron chi connectivity index (χ0n) is 8.20. The van der Waals surface area contributed by atoms with E-state index in [1.165, 1.54) is 30.0 Å². The Labute approximate surface area is 95.6 Å². The fraction of sp³-hybridized carbons (Fsp3) is 0.300. The summed E-state index contributed by atoms with van der Waals surface area (Å²) >= 11 is 3.17. The first kappa shape index (κ1) is 12.1. The van der Waals surface area contributed by atoms with Crippen molar-refractivity contribution >= 4 is 27.5 Å². The molecule has 1 amide bonds. The number of nitrogens with zero attached hydrogens (tertiary/aromatic N) is 1. The van der Waals surface area contributed by atoms with E-state index >= 15 is 0 Å². The normalized spacial score (nSPS) is 10.1. The number of halogens is 2. The van der Waals surface area contributed by atoms with E-state index in [1.54, 1.807) is 0 Å². The second-order valence-corrected chi connectivity index (χ2v) is 3.84. The fourth-order valence-corrected chi connectivity index (χ4v) is 1.81. The molecule has 0 saturated carbocycles. The van der Waals surface area contributed by atoms with Gasteiger partial charge in [0.2, 0.25) is 5.91 Å². The summed E-state index contributed by atoms with van der Waals surface area (Å²) in [4.78, 5) is 12.7. The molecule has 0 fully saturated rings. The van der Waals surface area contributed by atoms with E-state index in [0.29, 0.717) is 10.2 Å². The van der Waals surface area contributed by atoms with E-state index in [4.69, 9.17) is 5.11 Å². The summed E-state index contributed by atoms with van der Waals surface area (Å²) < 4.78 is 13.3. The van der Waals surface area contributed by atoms with Gasteiger partial charge in [-0.2, -0.15) is 0 Å². The van der Waals surface area contributed by atoms with Gasteiger partial charge in [0, 0.05) is 17.9 Å². The van der Waals surface area contributed by atoms with Gasteiger partial charge < -0.3 is 10.0 Å². The number of benzene rings is 1. The fourth-order valence-electron chi connectivity index (χ4n) is 1.25. The van der Waals surface area contributed by atoms with E-state index < -0.39 is 0 Å². The zero-order valence-corrected chi connectivity index (χ0v) is 9.79. The largest absolute Gasteiger partial charge is 0.395 e. The summed E-state index contributed by atoms with van der Waals surface area (Å²) in [6, 6.07) is 4.05. The van der Waals surface area contributed by atoms with Crippen molar-refractivity contribution in [2.75, 3.05) is 18.1 Å². The molecule has 3 nitrogen and oxygen atoms in total. The van der Waals surface area contributed by atoms with Gasteiger partial charge in [-0.3, -0.25) is 4.79 Å². The molecule has 1 rings (SSSR count). The van der Waals surface area contributed by atoms with Crippen LogP contribution in [0.15, 0.2) is 22.7 Å². The lowest BCUT2D eigenvalue weighted by Crippen LogP contribution is -2.31. The molecular formula is C10H11BrFNO2.